The van der Waals surface area contributed by atoms with E-state index >= 15 is 0 Å². The summed E-state index contributed by atoms with van der Waals surface area (Å²) in [5.41, 5.74) is 3.28. The Morgan fingerprint density at radius 2 is 1.76 bits per heavy atom. The molecule has 0 atom stereocenters. The molecule has 1 aromatic heterocycles. The van der Waals surface area contributed by atoms with Gasteiger partial charge in [0.15, 0.2) is 0 Å². The predicted molar refractivity (Wildman–Crippen MR) is 117 cm³/mol. The molecular formula is C24H27N3O2. The van der Waals surface area contributed by atoms with E-state index in [1.54, 1.807) is 7.11 Å². The molecule has 0 spiro atoms. The van der Waals surface area contributed by atoms with Crippen molar-refractivity contribution in [3.05, 3.63) is 65.7 Å². The first-order valence-electron chi connectivity index (χ1n) is 10.2. The zero-order valence-corrected chi connectivity index (χ0v) is 17.1. The van der Waals surface area contributed by atoms with Crippen LogP contribution in [0.15, 0.2) is 54.6 Å². The fourth-order valence-corrected chi connectivity index (χ4v) is 4.01. The lowest BCUT2D eigenvalue weighted by molar-refractivity contribution is -0.131. The number of hydrogen-bond acceptors (Lipinski definition) is 4. The highest BCUT2D eigenvalue weighted by atomic mass is 16.5. The molecule has 1 aliphatic heterocycles. The summed E-state index contributed by atoms with van der Waals surface area (Å²) in [6.45, 7) is 5.20. The number of piperazine rings is 1. The van der Waals surface area contributed by atoms with Gasteiger partial charge in [0.2, 0.25) is 5.91 Å². The number of aromatic nitrogens is 1. The molecule has 0 N–H and O–H groups in total. The highest BCUT2D eigenvalue weighted by Gasteiger charge is 2.23. The van der Waals surface area contributed by atoms with Gasteiger partial charge in [0, 0.05) is 38.0 Å². The predicted octanol–water partition coefficient (Wildman–Crippen LogP) is 3.83. The Hall–Kier alpha value is -3.08. The second-order valence-electron chi connectivity index (χ2n) is 7.50. The zero-order valence-electron chi connectivity index (χ0n) is 17.1. The Morgan fingerprint density at radius 1 is 1.03 bits per heavy atom. The van der Waals surface area contributed by atoms with Gasteiger partial charge in [-0.25, -0.2) is 4.98 Å². The number of aryl methyl sites for hydroxylation is 2. The number of rotatable bonds is 5. The molecule has 4 rings (SSSR count). The molecule has 29 heavy (non-hydrogen) atoms. The zero-order chi connectivity index (χ0) is 20.2. The maximum Gasteiger partial charge on any atom is 0.223 e. The van der Waals surface area contributed by atoms with Crippen LogP contribution in [0.5, 0.6) is 5.75 Å². The van der Waals surface area contributed by atoms with Crippen molar-refractivity contribution in [2.24, 2.45) is 0 Å². The van der Waals surface area contributed by atoms with Crippen LogP contribution in [0.1, 0.15) is 17.5 Å². The first kappa shape index (κ1) is 19.2. The summed E-state index contributed by atoms with van der Waals surface area (Å²) in [5, 5.41) is 1.17. The average Bonchev–Trinajstić information content (AvgIpc) is 2.77. The lowest BCUT2D eigenvalue weighted by Crippen LogP contribution is -2.49. The van der Waals surface area contributed by atoms with Crippen LogP contribution in [-0.4, -0.2) is 49.1 Å². The van der Waals surface area contributed by atoms with Gasteiger partial charge in [-0.2, -0.15) is 0 Å². The third-order valence-electron chi connectivity index (χ3n) is 5.62. The Labute approximate surface area is 171 Å². The van der Waals surface area contributed by atoms with Crippen molar-refractivity contribution in [1.29, 1.82) is 0 Å². The number of methoxy groups -OCH3 is 1. The molecule has 0 radical (unpaired) electrons. The molecule has 1 amide bonds. The lowest BCUT2D eigenvalue weighted by atomic mass is 10.1. The van der Waals surface area contributed by atoms with Crippen LogP contribution < -0.4 is 9.64 Å². The highest BCUT2D eigenvalue weighted by Crippen LogP contribution is 2.24. The molecule has 1 fully saturated rings. The van der Waals surface area contributed by atoms with Gasteiger partial charge in [0.25, 0.3) is 0 Å². The van der Waals surface area contributed by atoms with Crippen molar-refractivity contribution in [2.45, 2.75) is 19.8 Å². The van der Waals surface area contributed by atoms with Crippen molar-refractivity contribution in [2.75, 3.05) is 38.2 Å². The minimum Gasteiger partial charge on any atom is -0.496 e. The number of carbonyl (C=O) groups excluding carboxylic acids is 1. The van der Waals surface area contributed by atoms with E-state index < -0.39 is 0 Å². The number of carbonyl (C=O) groups is 1. The first-order valence-corrected chi connectivity index (χ1v) is 10.2. The minimum absolute atomic E-state index is 0.207. The van der Waals surface area contributed by atoms with Gasteiger partial charge in [-0.3, -0.25) is 4.79 Å². The number of fused-ring (bicyclic) bond motifs is 1. The van der Waals surface area contributed by atoms with E-state index in [0.717, 1.165) is 48.8 Å². The Balaban J connectivity index is 1.37. The van der Waals surface area contributed by atoms with Gasteiger partial charge in [0.1, 0.15) is 11.6 Å². The number of nitrogens with zero attached hydrogens (tertiary/aromatic N) is 3. The van der Waals surface area contributed by atoms with Crippen LogP contribution in [0.3, 0.4) is 0 Å². The molecule has 5 nitrogen and oxygen atoms in total. The number of ether oxygens (including phenoxy) is 1. The number of anilines is 1. The summed E-state index contributed by atoms with van der Waals surface area (Å²) < 4.78 is 5.39. The Kier molecular flexibility index (Phi) is 5.65. The summed E-state index contributed by atoms with van der Waals surface area (Å²) in [4.78, 5) is 21.9. The SMILES string of the molecule is COc1ccccc1CCC(=O)N1CCN(c2nc3ccccc3cc2C)CC1. The second-order valence-corrected chi connectivity index (χ2v) is 7.50. The normalized spacial score (nSPS) is 14.3. The van der Waals surface area contributed by atoms with Gasteiger partial charge in [-0.1, -0.05) is 36.4 Å². The van der Waals surface area contributed by atoms with Crippen LogP contribution in [0.4, 0.5) is 5.82 Å². The molecule has 0 aliphatic carbocycles. The summed E-state index contributed by atoms with van der Waals surface area (Å²) in [5.74, 6) is 2.09. The van der Waals surface area contributed by atoms with Gasteiger partial charge in [-0.15, -0.1) is 0 Å². The third-order valence-corrected chi connectivity index (χ3v) is 5.62. The number of amides is 1. The molecule has 0 unspecified atom stereocenters. The van der Waals surface area contributed by atoms with E-state index in [4.69, 9.17) is 9.72 Å². The fraction of sp³-hybridized carbons (Fsp3) is 0.333. The molecule has 5 heteroatoms. The standard InChI is InChI=1S/C24H27N3O2/c1-18-17-20-8-3-5-9-21(20)25-24(18)27-15-13-26(14-16-27)23(28)12-11-19-7-4-6-10-22(19)29-2/h3-10,17H,11-16H2,1-2H3. The van der Waals surface area contributed by atoms with Crippen LogP contribution in [0.25, 0.3) is 10.9 Å². The summed E-state index contributed by atoms with van der Waals surface area (Å²) in [6, 6.07) is 18.3. The van der Waals surface area contributed by atoms with E-state index in [1.807, 2.05) is 41.3 Å². The molecule has 2 aromatic carbocycles. The lowest BCUT2D eigenvalue weighted by Gasteiger charge is -2.36. The average molecular weight is 389 g/mol. The van der Waals surface area contributed by atoms with Crippen molar-refractivity contribution in [1.82, 2.24) is 9.88 Å². The van der Waals surface area contributed by atoms with E-state index in [1.165, 1.54) is 10.9 Å². The van der Waals surface area contributed by atoms with Crippen LogP contribution in [0.2, 0.25) is 0 Å². The highest BCUT2D eigenvalue weighted by molar-refractivity contribution is 5.82. The van der Waals surface area contributed by atoms with Crippen molar-refractivity contribution < 1.29 is 9.53 Å². The molecule has 0 bridgehead atoms. The minimum atomic E-state index is 0.207. The number of benzene rings is 2. The molecule has 0 saturated carbocycles. The van der Waals surface area contributed by atoms with E-state index in [0.29, 0.717) is 12.8 Å². The summed E-state index contributed by atoms with van der Waals surface area (Å²) >= 11 is 0. The topological polar surface area (TPSA) is 45.7 Å². The molecule has 2 heterocycles. The smallest absolute Gasteiger partial charge is 0.223 e. The summed E-state index contributed by atoms with van der Waals surface area (Å²) in [6.07, 6.45) is 1.21. The maximum atomic E-state index is 12.7. The quantitative estimate of drug-likeness (QED) is 0.665. The first-order chi connectivity index (χ1) is 14.2. The monoisotopic (exact) mass is 389 g/mol. The Bertz CT molecular complexity index is 1010. The van der Waals surface area contributed by atoms with Crippen LogP contribution >= 0.6 is 0 Å². The molecule has 3 aromatic rings. The van der Waals surface area contributed by atoms with Crippen molar-refractivity contribution >= 4 is 22.6 Å². The van der Waals surface area contributed by atoms with Crippen LogP contribution in [0, 0.1) is 6.92 Å². The Morgan fingerprint density at radius 3 is 2.55 bits per heavy atom. The maximum absolute atomic E-state index is 12.7. The largest absolute Gasteiger partial charge is 0.496 e. The third kappa shape index (κ3) is 4.19. The van der Waals surface area contributed by atoms with Gasteiger partial charge in [0.05, 0.1) is 12.6 Å². The number of hydrogen-bond donors (Lipinski definition) is 0. The van der Waals surface area contributed by atoms with Gasteiger partial charge >= 0.3 is 0 Å². The summed E-state index contributed by atoms with van der Waals surface area (Å²) in [7, 11) is 1.67. The molecular weight excluding hydrogens is 362 g/mol. The molecule has 1 aliphatic rings. The van der Waals surface area contributed by atoms with Crippen molar-refractivity contribution in [3.63, 3.8) is 0 Å². The van der Waals surface area contributed by atoms with E-state index in [-0.39, 0.29) is 5.91 Å². The van der Waals surface area contributed by atoms with Crippen LogP contribution in [-0.2, 0) is 11.2 Å². The molecule has 150 valence electrons. The number of pyridine rings is 1. The fourth-order valence-electron chi connectivity index (χ4n) is 4.01. The molecule has 1 saturated heterocycles. The van der Waals surface area contributed by atoms with Crippen molar-refractivity contribution in [3.8, 4) is 5.75 Å². The van der Waals surface area contributed by atoms with Gasteiger partial charge < -0.3 is 14.5 Å². The number of para-hydroxylation sites is 2. The van der Waals surface area contributed by atoms with E-state index in [9.17, 15) is 4.79 Å². The second kappa shape index (κ2) is 8.52. The van der Waals surface area contributed by atoms with Gasteiger partial charge in [-0.05, 0) is 42.7 Å². The van der Waals surface area contributed by atoms with E-state index in [2.05, 4.69) is 30.0 Å².